The zero-order valence-electron chi connectivity index (χ0n) is 16.9. The lowest BCUT2D eigenvalue weighted by molar-refractivity contribution is -0.0156. The number of aromatic amines is 1. The van der Waals surface area contributed by atoms with E-state index in [0.29, 0.717) is 6.61 Å². The van der Waals surface area contributed by atoms with Crippen LogP contribution in [0.5, 0.6) is 5.75 Å². The van der Waals surface area contributed by atoms with Crippen molar-refractivity contribution in [2.24, 2.45) is 0 Å². The number of ether oxygens (including phenoxy) is 2. The minimum absolute atomic E-state index is 0.0808. The number of methoxy groups -OCH3 is 1. The van der Waals surface area contributed by atoms with Crippen LogP contribution in [0, 0.1) is 0 Å². The van der Waals surface area contributed by atoms with Gasteiger partial charge in [-0.25, -0.2) is 4.98 Å². The third kappa shape index (κ3) is 3.79. The fourth-order valence-corrected chi connectivity index (χ4v) is 3.94. The summed E-state index contributed by atoms with van der Waals surface area (Å²) in [6.45, 7) is 3.01. The van der Waals surface area contributed by atoms with E-state index < -0.39 is 0 Å². The van der Waals surface area contributed by atoms with Gasteiger partial charge in [0.1, 0.15) is 11.6 Å². The second kappa shape index (κ2) is 8.26. The van der Waals surface area contributed by atoms with Crippen LogP contribution in [0.4, 0.5) is 0 Å². The highest BCUT2D eigenvalue weighted by molar-refractivity contribution is 5.78. The van der Waals surface area contributed by atoms with E-state index >= 15 is 0 Å². The van der Waals surface area contributed by atoms with Crippen molar-refractivity contribution in [3.05, 3.63) is 78.4 Å². The summed E-state index contributed by atoms with van der Waals surface area (Å²) < 4.78 is 11.0. The van der Waals surface area contributed by atoms with Gasteiger partial charge in [0.15, 0.2) is 0 Å². The molecule has 0 radical (unpaired) electrons. The zero-order chi connectivity index (χ0) is 20.3. The quantitative estimate of drug-likeness (QED) is 0.544. The minimum atomic E-state index is 0.0808. The maximum Gasteiger partial charge on any atom is 0.126 e. The number of fused-ring (bicyclic) bond motifs is 1. The van der Waals surface area contributed by atoms with Gasteiger partial charge in [-0.05, 0) is 47.5 Å². The van der Waals surface area contributed by atoms with E-state index in [4.69, 9.17) is 9.47 Å². The van der Waals surface area contributed by atoms with Crippen molar-refractivity contribution in [3.63, 3.8) is 0 Å². The summed E-state index contributed by atoms with van der Waals surface area (Å²) in [5.74, 6) is 1.77. The average Bonchev–Trinajstić information content (AvgIpc) is 3.29. The highest BCUT2D eigenvalue weighted by atomic mass is 16.5. The molecule has 1 fully saturated rings. The number of H-pyrrole nitrogens is 1. The number of nitrogens with one attached hydrogen (secondary N) is 1. The van der Waals surface area contributed by atoms with Crippen LogP contribution in [-0.4, -0.2) is 46.7 Å². The summed E-state index contributed by atoms with van der Waals surface area (Å²) >= 11 is 0. The van der Waals surface area contributed by atoms with Crippen molar-refractivity contribution < 1.29 is 9.47 Å². The average molecular weight is 400 g/mol. The minimum Gasteiger partial charge on any atom is -0.497 e. The number of para-hydroxylation sites is 1. The topological polar surface area (TPSA) is 63.3 Å². The maximum absolute atomic E-state index is 5.79. The van der Waals surface area contributed by atoms with Gasteiger partial charge in [-0.15, -0.1) is 0 Å². The summed E-state index contributed by atoms with van der Waals surface area (Å²) in [6, 6.07) is 18.5. The number of benzene rings is 2. The van der Waals surface area contributed by atoms with E-state index in [2.05, 4.69) is 38.1 Å². The van der Waals surface area contributed by atoms with Gasteiger partial charge < -0.3 is 14.5 Å². The molecule has 6 heteroatoms. The molecule has 0 spiro atoms. The third-order valence-corrected chi connectivity index (χ3v) is 5.58. The number of hydrogen-bond donors (Lipinski definition) is 1. The molecule has 1 aliphatic heterocycles. The SMILES string of the molecule is COc1ccc(-c2cnc([C@@H]3COCCN3Cc3cnc4ccccc4c3)[nH]2)cc1. The number of rotatable bonds is 5. The molecule has 2 aromatic heterocycles. The Kier molecular flexibility index (Phi) is 5.17. The van der Waals surface area contributed by atoms with Gasteiger partial charge in [0.25, 0.3) is 0 Å². The summed E-state index contributed by atoms with van der Waals surface area (Å²) in [6.07, 6.45) is 3.86. The number of nitrogens with zero attached hydrogens (tertiary/aromatic N) is 3. The highest BCUT2D eigenvalue weighted by Gasteiger charge is 2.27. The first-order valence-corrected chi connectivity index (χ1v) is 10.1. The molecule has 5 rings (SSSR count). The Morgan fingerprint density at radius 2 is 1.97 bits per heavy atom. The summed E-state index contributed by atoms with van der Waals surface area (Å²) in [5.41, 5.74) is 4.29. The van der Waals surface area contributed by atoms with Crippen LogP contribution in [0.2, 0.25) is 0 Å². The van der Waals surface area contributed by atoms with E-state index in [1.807, 2.05) is 48.8 Å². The van der Waals surface area contributed by atoms with Crippen LogP contribution >= 0.6 is 0 Å². The molecule has 3 heterocycles. The molecule has 0 amide bonds. The number of hydrogen-bond acceptors (Lipinski definition) is 5. The van der Waals surface area contributed by atoms with E-state index in [9.17, 15) is 0 Å². The lowest BCUT2D eigenvalue weighted by atomic mass is 10.1. The standard InChI is InChI=1S/C24H24N4O2/c1-29-20-8-6-18(7-9-20)22-14-26-24(27-22)23-16-30-11-10-28(23)15-17-12-19-4-2-3-5-21(19)25-13-17/h2-9,12-14,23H,10-11,15-16H2,1H3,(H,26,27)/t23-/m0/s1. The van der Waals surface area contributed by atoms with Crippen LogP contribution in [0.15, 0.2) is 67.0 Å². The normalized spacial score (nSPS) is 17.3. The summed E-state index contributed by atoms with van der Waals surface area (Å²) in [4.78, 5) is 15.2. The van der Waals surface area contributed by atoms with Crippen molar-refractivity contribution in [3.8, 4) is 17.0 Å². The van der Waals surface area contributed by atoms with Gasteiger partial charge in [-0.1, -0.05) is 18.2 Å². The Balaban J connectivity index is 1.37. The molecule has 30 heavy (non-hydrogen) atoms. The lowest BCUT2D eigenvalue weighted by Crippen LogP contribution is -2.39. The van der Waals surface area contributed by atoms with Gasteiger partial charge >= 0.3 is 0 Å². The van der Waals surface area contributed by atoms with Gasteiger partial charge in [0, 0.05) is 24.7 Å². The molecule has 0 bridgehead atoms. The molecule has 4 aromatic rings. The summed E-state index contributed by atoms with van der Waals surface area (Å²) in [7, 11) is 1.67. The molecule has 0 saturated carbocycles. The molecule has 152 valence electrons. The Hall–Kier alpha value is -3.22. The maximum atomic E-state index is 5.79. The molecule has 1 N–H and O–H groups in total. The highest BCUT2D eigenvalue weighted by Crippen LogP contribution is 2.27. The monoisotopic (exact) mass is 400 g/mol. The Morgan fingerprint density at radius 1 is 1.10 bits per heavy atom. The van der Waals surface area contributed by atoms with Crippen molar-refractivity contribution in [2.45, 2.75) is 12.6 Å². The van der Waals surface area contributed by atoms with Gasteiger partial charge in [0.05, 0.1) is 43.8 Å². The van der Waals surface area contributed by atoms with Crippen molar-refractivity contribution >= 4 is 10.9 Å². The molecule has 1 atom stereocenters. The Morgan fingerprint density at radius 3 is 2.83 bits per heavy atom. The van der Waals surface area contributed by atoms with Gasteiger partial charge in [-0.2, -0.15) is 0 Å². The second-order valence-electron chi connectivity index (χ2n) is 7.51. The smallest absolute Gasteiger partial charge is 0.126 e. The van der Waals surface area contributed by atoms with Crippen LogP contribution < -0.4 is 4.74 Å². The molecule has 1 saturated heterocycles. The Bertz CT molecular complexity index is 1140. The number of imidazole rings is 1. The second-order valence-corrected chi connectivity index (χ2v) is 7.51. The molecule has 2 aromatic carbocycles. The predicted octanol–water partition coefficient (Wildman–Crippen LogP) is 4.21. The van der Waals surface area contributed by atoms with Gasteiger partial charge in [0.2, 0.25) is 0 Å². The van der Waals surface area contributed by atoms with Crippen LogP contribution in [0.25, 0.3) is 22.2 Å². The largest absolute Gasteiger partial charge is 0.497 e. The van der Waals surface area contributed by atoms with Crippen LogP contribution in [-0.2, 0) is 11.3 Å². The number of morpholine rings is 1. The summed E-state index contributed by atoms with van der Waals surface area (Å²) in [5, 5.41) is 1.17. The van der Waals surface area contributed by atoms with E-state index in [1.165, 1.54) is 10.9 Å². The molecule has 0 unspecified atom stereocenters. The first-order valence-electron chi connectivity index (χ1n) is 10.1. The fourth-order valence-electron chi connectivity index (χ4n) is 3.94. The Labute approximate surface area is 175 Å². The fraction of sp³-hybridized carbons (Fsp3) is 0.250. The van der Waals surface area contributed by atoms with Crippen molar-refractivity contribution in [1.82, 2.24) is 19.9 Å². The van der Waals surface area contributed by atoms with E-state index in [-0.39, 0.29) is 6.04 Å². The lowest BCUT2D eigenvalue weighted by Gasteiger charge is -2.34. The first kappa shape index (κ1) is 18.8. The third-order valence-electron chi connectivity index (χ3n) is 5.58. The van der Waals surface area contributed by atoms with Crippen LogP contribution in [0.3, 0.4) is 0 Å². The van der Waals surface area contributed by atoms with Gasteiger partial charge in [-0.3, -0.25) is 9.88 Å². The first-order chi connectivity index (χ1) is 14.8. The van der Waals surface area contributed by atoms with Crippen molar-refractivity contribution in [2.75, 3.05) is 26.9 Å². The molecule has 1 aliphatic rings. The van der Waals surface area contributed by atoms with E-state index in [1.54, 1.807) is 7.11 Å². The number of pyridine rings is 1. The number of aromatic nitrogens is 3. The van der Waals surface area contributed by atoms with E-state index in [0.717, 1.165) is 48.0 Å². The molecule has 6 nitrogen and oxygen atoms in total. The zero-order valence-corrected chi connectivity index (χ0v) is 16.9. The molecular formula is C24H24N4O2. The van der Waals surface area contributed by atoms with Crippen LogP contribution in [0.1, 0.15) is 17.4 Å². The molecular weight excluding hydrogens is 376 g/mol. The molecule has 0 aliphatic carbocycles. The van der Waals surface area contributed by atoms with Crippen molar-refractivity contribution in [1.29, 1.82) is 0 Å². The predicted molar refractivity (Wildman–Crippen MR) is 116 cm³/mol.